The predicted molar refractivity (Wildman–Crippen MR) is 92.2 cm³/mol. The molecule has 1 aliphatic carbocycles. The highest BCUT2D eigenvalue weighted by Gasteiger charge is 2.32. The van der Waals surface area contributed by atoms with Crippen molar-refractivity contribution in [2.75, 3.05) is 0 Å². The smallest absolute Gasteiger partial charge is 0.303 e. The van der Waals surface area contributed by atoms with Gasteiger partial charge in [-0.3, -0.25) is 4.79 Å². The molecule has 4 nitrogen and oxygen atoms in total. The molecule has 134 valence electrons. The molecule has 0 heterocycles. The fourth-order valence-corrected chi connectivity index (χ4v) is 3.51. The summed E-state index contributed by atoms with van der Waals surface area (Å²) < 4.78 is 0. The van der Waals surface area contributed by atoms with Crippen LogP contribution in [0.5, 0.6) is 0 Å². The van der Waals surface area contributed by atoms with Gasteiger partial charge in [0, 0.05) is 6.42 Å². The number of allylic oxidation sites excluding steroid dienone is 1. The Kier molecular flexibility index (Phi) is 10.2. The molecule has 0 saturated heterocycles. The van der Waals surface area contributed by atoms with Gasteiger partial charge in [0.05, 0.1) is 12.2 Å². The average molecular weight is 326 g/mol. The highest BCUT2D eigenvalue weighted by atomic mass is 16.4. The Morgan fingerprint density at radius 1 is 1.17 bits per heavy atom. The van der Waals surface area contributed by atoms with E-state index in [9.17, 15) is 15.0 Å². The summed E-state index contributed by atoms with van der Waals surface area (Å²) in [5.74, 6) is -0.0487. The minimum Gasteiger partial charge on any atom is -0.481 e. The SMILES string of the molecule is CCCCC(O)C=CC1CCC(O)C1CCCCCCC(=O)O. The van der Waals surface area contributed by atoms with Crippen LogP contribution in [0, 0.1) is 11.8 Å². The van der Waals surface area contributed by atoms with Crippen LogP contribution in [0.15, 0.2) is 12.2 Å². The lowest BCUT2D eigenvalue weighted by Gasteiger charge is -2.20. The van der Waals surface area contributed by atoms with E-state index in [1.165, 1.54) is 0 Å². The topological polar surface area (TPSA) is 77.8 Å². The fraction of sp³-hybridized carbons (Fsp3) is 0.842. The Bertz CT molecular complexity index is 353. The molecule has 0 spiro atoms. The molecule has 1 saturated carbocycles. The number of carboxylic acids is 1. The van der Waals surface area contributed by atoms with Gasteiger partial charge in [-0.1, -0.05) is 51.2 Å². The zero-order chi connectivity index (χ0) is 17.1. The molecule has 4 heteroatoms. The summed E-state index contributed by atoms with van der Waals surface area (Å²) in [4.78, 5) is 10.5. The first-order valence-electron chi connectivity index (χ1n) is 9.30. The zero-order valence-electron chi connectivity index (χ0n) is 14.5. The van der Waals surface area contributed by atoms with Crippen LogP contribution in [0.25, 0.3) is 0 Å². The van der Waals surface area contributed by atoms with Crippen molar-refractivity contribution >= 4 is 5.97 Å². The molecule has 3 N–H and O–H groups in total. The largest absolute Gasteiger partial charge is 0.481 e. The van der Waals surface area contributed by atoms with Crippen molar-refractivity contribution in [2.24, 2.45) is 11.8 Å². The number of carboxylic acid groups (broad SMARTS) is 1. The first-order valence-corrected chi connectivity index (χ1v) is 9.30. The molecule has 1 fully saturated rings. The lowest BCUT2D eigenvalue weighted by Crippen LogP contribution is -2.18. The summed E-state index contributed by atoms with van der Waals surface area (Å²) in [6.07, 6.45) is 13.3. The lowest BCUT2D eigenvalue weighted by atomic mass is 9.88. The van der Waals surface area contributed by atoms with Gasteiger partial charge in [0.15, 0.2) is 0 Å². The van der Waals surface area contributed by atoms with Crippen LogP contribution in [0.2, 0.25) is 0 Å². The molecule has 4 atom stereocenters. The van der Waals surface area contributed by atoms with Gasteiger partial charge in [0.1, 0.15) is 0 Å². The van der Waals surface area contributed by atoms with E-state index in [2.05, 4.69) is 13.0 Å². The van der Waals surface area contributed by atoms with Crippen LogP contribution in [-0.2, 0) is 4.79 Å². The minimum atomic E-state index is -0.719. The maximum atomic E-state index is 10.5. The van der Waals surface area contributed by atoms with Gasteiger partial charge in [0.25, 0.3) is 0 Å². The van der Waals surface area contributed by atoms with Gasteiger partial charge in [-0.05, 0) is 43.9 Å². The number of rotatable bonds is 12. The Morgan fingerprint density at radius 3 is 2.61 bits per heavy atom. The van der Waals surface area contributed by atoms with Gasteiger partial charge in [-0.15, -0.1) is 0 Å². The second kappa shape index (κ2) is 11.6. The third-order valence-corrected chi connectivity index (χ3v) is 4.95. The molecule has 0 aromatic rings. The molecule has 0 radical (unpaired) electrons. The summed E-state index contributed by atoms with van der Waals surface area (Å²) in [5, 5.41) is 28.7. The quantitative estimate of drug-likeness (QED) is 0.375. The molecule has 1 aliphatic rings. The van der Waals surface area contributed by atoms with Crippen molar-refractivity contribution in [3.63, 3.8) is 0 Å². The van der Waals surface area contributed by atoms with Crippen molar-refractivity contribution in [3.05, 3.63) is 12.2 Å². The Morgan fingerprint density at radius 2 is 1.91 bits per heavy atom. The first kappa shape index (κ1) is 20.2. The minimum absolute atomic E-state index is 0.226. The van der Waals surface area contributed by atoms with Crippen molar-refractivity contribution in [1.29, 1.82) is 0 Å². The Labute approximate surface area is 140 Å². The summed E-state index contributed by atoms with van der Waals surface area (Å²) >= 11 is 0. The van der Waals surface area contributed by atoms with E-state index >= 15 is 0 Å². The normalized spacial score (nSPS) is 26.0. The molecular formula is C19H34O4. The van der Waals surface area contributed by atoms with Crippen LogP contribution < -0.4 is 0 Å². The fourth-order valence-electron chi connectivity index (χ4n) is 3.51. The molecule has 0 aromatic heterocycles. The maximum absolute atomic E-state index is 10.5. The number of carbonyl (C=O) groups is 1. The van der Waals surface area contributed by atoms with E-state index in [4.69, 9.17) is 5.11 Å². The van der Waals surface area contributed by atoms with Crippen LogP contribution in [0.1, 0.15) is 77.6 Å². The number of aliphatic hydroxyl groups excluding tert-OH is 2. The molecule has 0 aromatic carbocycles. The van der Waals surface area contributed by atoms with Crippen molar-refractivity contribution in [3.8, 4) is 0 Å². The number of aliphatic carboxylic acids is 1. The molecule has 4 unspecified atom stereocenters. The maximum Gasteiger partial charge on any atom is 0.303 e. The van der Waals surface area contributed by atoms with E-state index in [1.807, 2.05) is 6.08 Å². The third kappa shape index (κ3) is 8.52. The van der Waals surface area contributed by atoms with Crippen LogP contribution >= 0.6 is 0 Å². The second-order valence-corrected chi connectivity index (χ2v) is 6.91. The highest BCUT2D eigenvalue weighted by molar-refractivity contribution is 5.66. The zero-order valence-corrected chi connectivity index (χ0v) is 14.5. The van der Waals surface area contributed by atoms with E-state index in [-0.39, 0.29) is 18.6 Å². The highest BCUT2D eigenvalue weighted by Crippen LogP contribution is 2.36. The Hall–Kier alpha value is -0.870. The van der Waals surface area contributed by atoms with E-state index in [0.717, 1.165) is 64.2 Å². The molecule has 23 heavy (non-hydrogen) atoms. The second-order valence-electron chi connectivity index (χ2n) is 6.91. The molecular weight excluding hydrogens is 292 g/mol. The number of hydrogen-bond donors (Lipinski definition) is 3. The van der Waals surface area contributed by atoms with Crippen LogP contribution in [-0.4, -0.2) is 33.5 Å². The van der Waals surface area contributed by atoms with E-state index in [0.29, 0.717) is 11.8 Å². The first-order chi connectivity index (χ1) is 11.0. The number of hydrogen-bond acceptors (Lipinski definition) is 3. The average Bonchev–Trinajstić information content (AvgIpc) is 2.86. The molecule has 0 aliphatic heterocycles. The third-order valence-electron chi connectivity index (χ3n) is 4.95. The molecule has 0 bridgehead atoms. The molecule has 0 amide bonds. The predicted octanol–water partition coefficient (Wildman–Crippen LogP) is 3.91. The molecule has 1 rings (SSSR count). The Balaban J connectivity index is 2.28. The van der Waals surface area contributed by atoms with E-state index in [1.54, 1.807) is 0 Å². The lowest BCUT2D eigenvalue weighted by molar-refractivity contribution is -0.137. The van der Waals surface area contributed by atoms with Crippen LogP contribution in [0.3, 0.4) is 0 Å². The van der Waals surface area contributed by atoms with Gasteiger partial charge < -0.3 is 15.3 Å². The summed E-state index contributed by atoms with van der Waals surface area (Å²) in [5.41, 5.74) is 0. The van der Waals surface area contributed by atoms with E-state index < -0.39 is 5.97 Å². The van der Waals surface area contributed by atoms with Crippen molar-refractivity contribution in [1.82, 2.24) is 0 Å². The number of aliphatic hydroxyl groups is 2. The monoisotopic (exact) mass is 326 g/mol. The van der Waals surface area contributed by atoms with Gasteiger partial charge in [-0.25, -0.2) is 0 Å². The van der Waals surface area contributed by atoms with Gasteiger partial charge >= 0.3 is 5.97 Å². The number of unbranched alkanes of at least 4 members (excludes halogenated alkanes) is 4. The van der Waals surface area contributed by atoms with Crippen molar-refractivity contribution < 1.29 is 20.1 Å². The van der Waals surface area contributed by atoms with Gasteiger partial charge in [0.2, 0.25) is 0 Å². The van der Waals surface area contributed by atoms with Crippen molar-refractivity contribution in [2.45, 2.75) is 89.8 Å². The van der Waals surface area contributed by atoms with Gasteiger partial charge in [-0.2, -0.15) is 0 Å². The summed E-state index contributed by atoms with van der Waals surface area (Å²) in [6.45, 7) is 2.12. The summed E-state index contributed by atoms with van der Waals surface area (Å²) in [7, 11) is 0. The summed E-state index contributed by atoms with van der Waals surface area (Å²) in [6, 6.07) is 0. The van der Waals surface area contributed by atoms with Crippen LogP contribution in [0.4, 0.5) is 0 Å². The standard InChI is InChI=1S/C19H34O4/c1-2-3-8-16(20)13-11-15-12-14-18(21)17(15)9-6-4-5-7-10-19(22)23/h11,13,15-18,20-21H,2-10,12,14H2,1H3,(H,22,23).